The Hall–Kier alpha value is -1.34. The summed E-state index contributed by atoms with van der Waals surface area (Å²) in [4.78, 5) is 26.5. The van der Waals surface area contributed by atoms with E-state index < -0.39 is 12.0 Å². The Kier molecular flexibility index (Phi) is 6.74. The van der Waals surface area contributed by atoms with Crippen molar-refractivity contribution in [3.8, 4) is 0 Å². The molecule has 0 radical (unpaired) electrons. The van der Waals surface area contributed by atoms with E-state index in [4.69, 9.17) is 9.84 Å². The highest BCUT2D eigenvalue weighted by Gasteiger charge is 2.39. The van der Waals surface area contributed by atoms with Crippen LogP contribution in [0.1, 0.15) is 13.3 Å². The summed E-state index contributed by atoms with van der Waals surface area (Å²) in [5, 5.41) is 11.8. The molecule has 20 heavy (non-hydrogen) atoms. The average molecular weight is 287 g/mol. The van der Waals surface area contributed by atoms with Crippen molar-refractivity contribution >= 4 is 12.0 Å². The number of urea groups is 1. The van der Waals surface area contributed by atoms with Crippen molar-refractivity contribution in [2.75, 3.05) is 46.9 Å². The lowest BCUT2D eigenvalue weighted by Gasteiger charge is -2.23. The third-order valence-electron chi connectivity index (χ3n) is 3.42. The average Bonchev–Trinajstić information content (AvgIpc) is 2.75. The first-order valence-electron chi connectivity index (χ1n) is 6.93. The number of amides is 2. The van der Waals surface area contributed by atoms with Gasteiger partial charge in [-0.2, -0.15) is 0 Å². The summed E-state index contributed by atoms with van der Waals surface area (Å²) in [5.41, 5.74) is 0. The number of aliphatic carboxylic acids is 1. The van der Waals surface area contributed by atoms with Crippen LogP contribution in [0, 0.1) is 5.92 Å². The van der Waals surface area contributed by atoms with Gasteiger partial charge in [0.2, 0.25) is 0 Å². The molecule has 1 aliphatic heterocycles. The van der Waals surface area contributed by atoms with Crippen LogP contribution in [-0.2, 0) is 9.53 Å². The number of likely N-dealkylation sites (tertiary alicyclic amines) is 1. The molecule has 0 aliphatic carbocycles. The lowest BCUT2D eigenvalue weighted by molar-refractivity contribution is -0.142. The molecule has 2 N–H and O–H groups in total. The molecule has 1 rings (SSSR count). The molecular weight excluding hydrogens is 262 g/mol. The molecular formula is C13H25N3O4. The largest absolute Gasteiger partial charge is 0.480 e. The summed E-state index contributed by atoms with van der Waals surface area (Å²) < 4.78 is 5.36. The summed E-state index contributed by atoms with van der Waals surface area (Å²) in [7, 11) is 3.93. The summed E-state index contributed by atoms with van der Waals surface area (Å²) in [6.45, 7) is 4.62. The van der Waals surface area contributed by atoms with E-state index in [-0.39, 0.29) is 11.9 Å². The molecule has 1 heterocycles. The molecule has 0 aromatic rings. The monoisotopic (exact) mass is 287 g/mol. The Balaban J connectivity index is 2.24. The van der Waals surface area contributed by atoms with E-state index in [1.54, 1.807) is 0 Å². The van der Waals surface area contributed by atoms with Crippen LogP contribution in [0.4, 0.5) is 4.79 Å². The molecule has 1 aliphatic rings. The molecule has 2 unspecified atom stereocenters. The van der Waals surface area contributed by atoms with Crippen LogP contribution in [0.3, 0.4) is 0 Å². The second kappa shape index (κ2) is 8.06. The lowest BCUT2D eigenvalue weighted by Crippen LogP contribution is -2.48. The number of carboxylic acid groups (broad SMARTS) is 1. The van der Waals surface area contributed by atoms with Crippen LogP contribution in [0.15, 0.2) is 0 Å². The van der Waals surface area contributed by atoms with Gasteiger partial charge in [-0.3, -0.25) is 0 Å². The van der Waals surface area contributed by atoms with Crippen molar-refractivity contribution in [2.45, 2.75) is 19.4 Å². The van der Waals surface area contributed by atoms with Gasteiger partial charge in [0.05, 0.1) is 13.2 Å². The fourth-order valence-electron chi connectivity index (χ4n) is 2.23. The standard InChI is InChI=1S/C13H25N3O4/c1-10-4-6-16(11(10)12(17)18)13(19)14-5-8-20-9-7-15(2)3/h10-11H,4-9H2,1-3H3,(H,14,19)(H,17,18). The maximum atomic E-state index is 11.9. The quantitative estimate of drug-likeness (QED) is 0.648. The van der Waals surface area contributed by atoms with Crippen molar-refractivity contribution in [2.24, 2.45) is 5.92 Å². The molecule has 0 spiro atoms. The molecule has 0 saturated carbocycles. The predicted octanol–water partition coefficient (Wildman–Crippen LogP) is 0.0692. The highest BCUT2D eigenvalue weighted by atomic mass is 16.5. The van der Waals surface area contributed by atoms with Crippen molar-refractivity contribution in [1.29, 1.82) is 0 Å². The Morgan fingerprint density at radius 3 is 2.70 bits per heavy atom. The van der Waals surface area contributed by atoms with E-state index in [0.29, 0.717) is 26.3 Å². The molecule has 0 aromatic heterocycles. The molecule has 7 nitrogen and oxygen atoms in total. The maximum Gasteiger partial charge on any atom is 0.326 e. The molecule has 1 fully saturated rings. The number of carbonyl (C=O) groups is 2. The molecule has 0 bridgehead atoms. The minimum absolute atomic E-state index is 0.00501. The van der Waals surface area contributed by atoms with Gasteiger partial charge >= 0.3 is 12.0 Å². The number of carbonyl (C=O) groups excluding carboxylic acids is 1. The van der Waals surface area contributed by atoms with Gasteiger partial charge in [-0.15, -0.1) is 0 Å². The van der Waals surface area contributed by atoms with Crippen LogP contribution < -0.4 is 5.32 Å². The van der Waals surface area contributed by atoms with E-state index in [0.717, 1.165) is 13.0 Å². The molecule has 1 saturated heterocycles. The number of nitrogens with one attached hydrogen (secondary N) is 1. The molecule has 2 atom stereocenters. The Bertz CT molecular complexity index is 336. The Morgan fingerprint density at radius 1 is 1.40 bits per heavy atom. The van der Waals surface area contributed by atoms with Crippen molar-refractivity contribution < 1.29 is 19.4 Å². The molecule has 7 heteroatoms. The van der Waals surface area contributed by atoms with Gasteiger partial charge in [-0.05, 0) is 26.4 Å². The fourth-order valence-corrected chi connectivity index (χ4v) is 2.23. The zero-order chi connectivity index (χ0) is 15.1. The number of ether oxygens (including phenoxy) is 1. The molecule has 2 amide bonds. The number of likely N-dealkylation sites (N-methyl/N-ethyl adjacent to an activating group) is 1. The van der Waals surface area contributed by atoms with Gasteiger partial charge < -0.3 is 25.0 Å². The van der Waals surface area contributed by atoms with Crippen molar-refractivity contribution in [3.05, 3.63) is 0 Å². The van der Waals surface area contributed by atoms with Gasteiger partial charge in [0, 0.05) is 19.6 Å². The van der Waals surface area contributed by atoms with Gasteiger partial charge in [0.1, 0.15) is 6.04 Å². The van der Waals surface area contributed by atoms with E-state index in [1.165, 1.54) is 4.90 Å². The third kappa shape index (κ3) is 4.97. The van der Waals surface area contributed by atoms with E-state index >= 15 is 0 Å². The number of nitrogens with zero attached hydrogens (tertiary/aromatic N) is 2. The summed E-state index contributed by atoms with van der Waals surface area (Å²) in [6, 6.07) is -1.04. The second-order valence-corrected chi connectivity index (χ2v) is 5.39. The number of hydrogen-bond donors (Lipinski definition) is 2. The summed E-state index contributed by atoms with van der Waals surface area (Å²) >= 11 is 0. The van der Waals surface area contributed by atoms with Crippen molar-refractivity contribution in [3.63, 3.8) is 0 Å². The van der Waals surface area contributed by atoms with Crippen LogP contribution >= 0.6 is 0 Å². The zero-order valence-electron chi connectivity index (χ0n) is 12.5. The number of rotatable bonds is 7. The normalized spacial score (nSPS) is 22.3. The van der Waals surface area contributed by atoms with Gasteiger partial charge in [0.15, 0.2) is 0 Å². The highest BCUT2D eigenvalue weighted by Crippen LogP contribution is 2.23. The van der Waals surface area contributed by atoms with Gasteiger partial charge in [-0.25, -0.2) is 9.59 Å². The van der Waals surface area contributed by atoms with E-state index in [1.807, 2.05) is 25.9 Å². The SMILES string of the molecule is CC1CCN(C(=O)NCCOCCN(C)C)C1C(=O)O. The molecule has 0 aromatic carbocycles. The zero-order valence-corrected chi connectivity index (χ0v) is 12.5. The Labute approximate surface area is 119 Å². The number of hydrogen-bond acceptors (Lipinski definition) is 4. The first-order chi connectivity index (χ1) is 9.43. The first kappa shape index (κ1) is 16.7. The maximum absolute atomic E-state index is 11.9. The van der Waals surface area contributed by atoms with E-state index in [2.05, 4.69) is 5.32 Å². The van der Waals surface area contributed by atoms with Gasteiger partial charge in [-0.1, -0.05) is 6.92 Å². The van der Waals surface area contributed by atoms with Crippen LogP contribution in [0.25, 0.3) is 0 Å². The second-order valence-electron chi connectivity index (χ2n) is 5.39. The van der Waals surface area contributed by atoms with Crippen LogP contribution in [0.2, 0.25) is 0 Å². The fraction of sp³-hybridized carbons (Fsp3) is 0.846. The van der Waals surface area contributed by atoms with Crippen molar-refractivity contribution in [1.82, 2.24) is 15.1 Å². The topological polar surface area (TPSA) is 82.1 Å². The predicted molar refractivity (Wildman–Crippen MR) is 74.7 cm³/mol. The lowest BCUT2D eigenvalue weighted by atomic mass is 10.0. The summed E-state index contributed by atoms with van der Waals surface area (Å²) in [6.07, 6.45) is 0.726. The highest BCUT2D eigenvalue weighted by molar-refractivity contribution is 5.83. The third-order valence-corrected chi connectivity index (χ3v) is 3.42. The Morgan fingerprint density at radius 2 is 2.10 bits per heavy atom. The number of carboxylic acids is 1. The summed E-state index contributed by atoms with van der Waals surface area (Å²) in [5.74, 6) is -0.943. The minimum Gasteiger partial charge on any atom is -0.480 e. The van der Waals surface area contributed by atoms with Gasteiger partial charge in [0.25, 0.3) is 0 Å². The molecule has 116 valence electrons. The van der Waals surface area contributed by atoms with Crippen LogP contribution in [0.5, 0.6) is 0 Å². The first-order valence-corrected chi connectivity index (χ1v) is 6.93. The smallest absolute Gasteiger partial charge is 0.326 e. The minimum atomic E-state index is -0.938. The van der Waals surface area contributed by atoms with Crippen LogP contribution in [-0.4, -0.2) is 79.9 Å². The van der Waals surface area contributed by atoms with E-state index in [9.17, 15) is 9.59 Å².